The number of rotatable bonds is 4. The minimum Gasteiger partial charge on any atom is -0.479 e. The molecule has 2 rings (SSSR count). The number of hydrogen-bond donors (Lipinski definition) is 2. The SMILES string of the molecule is O=C(O)C(O)COC(=O)C12C=CC(CC1)C2. The standard InChI is InChI=1S/C11H14O5/c12-8(9(13)14)6-16-10(15)11-3-1-7(5-11)2-4-11/h1,3,7-8,12H,2,4-6H2,(H,13,14). The number of ether oxygens (including phenoxy) is 1. The lowest BCUT2D eigenvalue weighted by atomic mass is 9.88. The van der Waals surface area contributed by atoms with Crippen LogP contribution in [0.25, 0.3) is 0 Å². The summed E-state index contributed by atoms with van der Waals surface area (Å²) in [6.45, 7) is -0.478. The van der Waals surface area contributed by atoms with Crippen molar-refractivity contribution in [1.29, 1.82) is 0 Å². The van der Waals surface area contributed by atoms with Gasteiger partial charge in [-0.05, 0) is 25.2 Å². The van der Waals surface area contributed by atoms with E-state index in [4.69, 9.17) is 14.9 Å². The lowest BCUT2D eigenvalue weighted by Crippen LogP contribution is -2.32. The number of fused-ring (bicyclic) bond motifs is 2. The van der Waals surface area contributed by atoms with E-state index in [0.29, 0.717) is 5.92 Å². The Hall–Kier alpha value is -1.36. The molecule has 0 heterocycles. The van der Waals surface area contributed by atoms with Gasteiger partial charge in [-0.2, -0.15) is 0 Å². The van der Waals surface area contributed by atoms with E-state index in [0.717, 1.165) is 19.3 Å². The van der Waals surface area contributed by atoms with E-state index in [1.807, 2.05) is 12.2 Å². The average molecular weight is 226 g/mol. The van der Waals surface area contributed by atoms with E-state index in [1.165, 1.54) is 0 Å². The van der Waals surface area contributed by atoms with Crippen molar-refractivity contribution in [2.75, 3.05) is 6.61 Å². The predicted molar refractivity (Wildman–Crippen MR) is 53.5 cm³/mol. The highest BCUT2D eigenvalue weighted by molar-refractivity contribution is 5.81. The van der Waals surface area contributed by atoms with Gasteiger partial charge in [-0.15, -0.1) is 0 Å². The number of carboxylic acids is 1. The van der Waals surface area contributed by atoms with Crippen molar-refractivity contribution in [3.05, 3.63) is 12.2 Å². The molecule has 0 saturated heterocycles. The summed E-state index contributed by atoms with van der Waals surface area (Å²) in [5.41, 5.74) is -0.553. The molecule has 2 aliphatic rings. The monoisotopic (exact) mass is 226 g/mol. The van der Waals surface area contributed by atoms with Gasteiger partial charge in [-0.3, -0.25) is 4.79 Å². The van der Waals surface area contributed by atoms with Gasteiger partial charge in [0.25, 0.3) is 0 Å². The predicted octanol–water partition coefficient (Wildman–Crippen LogP) is 0.331. The second-order valence-corrected chi connectivity index (χ2v) is 4.47. The minimum absolute atomic E-state index is 0.413. The zero-order chi connectivity index (χ0) is 11.8. The first kappa shape index (κ1) is 11.1. The van der Waals surface area contributed by atoms with Crippen LogP contribution < -0.4 is 0 Å². The quantitative estimate of drug-likeness (QED) is 0.533. The van der Waals surface area contributed by atoms with E-state index < -0.39 is 30.1 Å². The van der Waals surface area contributed by atoms with Crippen LogP contribution >= 0.6 is 0 Å². The van der Waals surface area contributed by atoms with Gasteiger partial charge in [0, 0.05) is 0 Å². The Morgan fingerprint density at radius 2 is 2.31 bits per heavy atom. The Bertz CT molecular complexity index is 348. The molecule has 2 aliphatic carbocycles. The van der Waals surface area contributed by atoms with E-state index in [-0.39, 0.29) is 0 Å². The fourth-order valence-corrected chi connectivity index (χ4v) is 2.37. The van der Waals surface area contributed by atoms with Crippen molar-refractivity contribution >= 4 is 11.9 Å². The highest BCUT2D eigenvalue weighted by Gasteiger charge is 2.47. The molecule has 2 bridgehead atoms. The Morgan fingerprint density at radius 3 is 2.75 bits per heavy atom. The number of esters is 1. The first-order valence-corrected chi connectivity index (χ1v) is 5.31. The Labute approximate surface area is 92.7 Å². The van der Waals surface area contributed by atoms with Crippen LogP contribution in [-0.4, -0.2) is 34.9 Å². The van der Waals surface area contributed by atoms with Crippen LogP contribution in [0.4, 0.5) is 0 Å². The molecule has 0 amide bonds. The molecule has 16 heavy (non-hydrogen) atoms. The molecular weight excluding hydrogens is 212 g/mol. The molecule has 3 atom stereocenters. The summed E-state index contributed by atoms with van der Waals surface area (Å²) < 4.78 is 4.85. The number of carboxylic acid groups (broad SMARTS) is 1. The maximum Gasteiger partial charge on any atom is 0.336 e. The Morgan fingerprint density at radius 1 is 1.56 bits per heavy atom. The molecule has 2 N–H and O–H groups in total. The zero-order valence-corrected chi connectivity index (χ0v) is 8.76. The first-order valence-electron chi connectivity index (χ1n) is 5.31. The molecule has 5 heteroatoms. The van der Waals surface area contributed by atoms with Crippen molar-refractivity contribution < 1.29 is 24.5 Å². The Balaban J connectivity index is 1.89. The lowest BCUT2D eigenvalue weighted by molar-refractivity contribution is -0.161. The summed E-state index contributed by atoms with van der Waals surface area (Å²) >= 11 is 0. The van der Waals surface area contributed by atoms with Crippen molar-refractivity contribution in [2.24, 2.45) is 11.3 Å². The lowest BCUT2D eigenvalue weighted by Gasteiger charge is -2.21. The zero-order valence-electron chi connectivity index (χ0n) is 8.76. The highest BCUT2D eigenvalue weighted by Crippen LogP contribution is 2.49. The molecule has 0 aromatic carbocycles. The third-order valence-electron chi connectivity index (χ3n) is 3.34. The van der Waals surface area contributed by atoms with Crippen LogP contribution in [0, 0.1) is 11.3 Å². The fourth-order valence-electron chi connectivity index (χ4n) is 2.37. The van der Waals surface area contributed by atoms with Crippen LogP contribution in [0.3, 0.4) is 0 Å². The maximum absolute atomic E-state index is 11.8. The minimum atomic E-state index is -1.64. The van der Waals surface area contributed by atoms with E-state index >= 15 is 0 Å². The van der Waals surface area contributed by atoms with Gasteiger partial charge in [0.2, 0.25) is 0 Å². The van der Waals surface area contributed by atoms with Crippen LogP contribution in [0.1, 0.15) is 19.3 Å². The summed E-state index contributed by atoms with van der Waals surface area (Å²) in [5.74, 6) is -1.34. The maximum atomic E-state index is 11.8. The number of carbonyl (C=O) groups excluding carboxylic acids is 1. The second kappa shape index (κ2) is 3.90. The van der Waals surface area contributed by atoms with Gasteiger partial charge in [0.1, 0.15) is 6.61 Å². The van der Waals surface area contributed by atoms with Gasteiger partial charge in [0.05, 0.1) is 5.41 Å². The second-order valence-electron chi connectivity index (χ2n) is 4.47. The number of aliphatic hydroxyl groups excluding tert-OH is 1. The fraction of sp³-hybridized carbons (Fsp3) is 0.636. The number of carbonyl (C=O) groups is 2. The molecule has 0 aromatic rings. The largest absolute Gasteiger partial charge is 0.479 e. The first-order chi connectivity index (χ1) is 7.53. The number of aliphatic carboxylic acids is 1. The molecular formula is C11H14O5. The third kappa shape index (κ3) is 1.82. The smallest absolute Gasteiger partial charge is 0.336 e. The molecule has 0 radical (unpaired) electrons. The summed E-state index contributed by atoms with van der Waals surface area (Å²) in [5, 5.41) is 17.4. The summed E-state index contributed by atoms with van der Waals surface area (Å²) in [6.07, 6.45) is 4.73. The average Bonchev–Trinajstić information content (AvgIpc) is 2.86. The molecule has 3 unspecified atom stereocenters. The molecule has 0 aliphatic heterocycles. The van der Waals surface area contributed by atoms with Crippen LogP contribution in [0.2, 0.25) is 0 Å². The van der Waals surface area contributed by atoms with Gasteiger partial charge in [-0.1, -0.05) is 12.2 Å². The summed E-state index contributed by atoms with van der Waals surface area (Å²) in [6, 6.07) is 0. The summed E-state index contributed by atoms with van der Waals surface area (Å²) in [4.78, 5) is 22.1. The van der Waals surface area contributed by atoms with Crippen molar-refractivity contribution in [3.63, 3.8) is 0 Å². The Kier molecular flexibility index (Phi) is 2.71. The van der Waals surface area contributed by atoms with E-state index in [2.05, 4.69) is 0 Å². The molecule has 0 spiro atoms. The molecule has 5 nitrogen and oxygen atoms in total. The number of allylic oxidation sites excluding steroid dienone is 1. The van der Waals surface area contributed by atoms with Gasteiger partial charge in [0.15, 0.2) is 6.10 Å². The normalized spacial score (nSPS) is 32.7. The summed E-state index contributed by atoms with van der Waals surface area (Å²) in [7, 11) is 0. The molecule has 0 aromatic heterocycles. The molecule has 1 fully saturated rings. The van der Waals surface area contributed by atoms with E-state index in [1.54, 1.807) is 0 Å². The van der Waals surface area contributed by atoms with Crippen molar-refractivity contribution in [1.82, 2.24) is 0 Å². The number of hydrogen-bond acceptors (Lipinski definition) is 4. The van der Waals surface area contributed by atoms with Gasteiger partial charge >= 0.3 is 11.9 Å². The van der Waals surface area contributed by atoms with Crippen LogP contribution in [-0.2, 0) is 14.3 Å². The van der Waals surface area contributed by atoms with Crippen molar-refractivity contribution in [2.45, 2.75) is 25.4 Å². The van der Waals surface area contributed by atoms with Crippen LogP contribution in [0.15, 0.2) is 12.2 Å². The highest BCUT2D eigenvalue weighted by atomic mass is 16.5. The van der Waals surface area contributed by atoms with Gasteiger partial charge < -0.3 is 14.9 Å². The molecule has 88 valence electrons. The topological polar surface area (TPSA) is 83.8 Å². The van der Waals surface area contributed by atoms with Crippen molar-refractivity contribution in [3.8, 4) is 0 Å². The van der Waals surface area contributed by atoms with Gasteiger partial charge in [-0.25, -0.2) is 4.79 Å². The third-order valence-corrected chi connectivity index (χ3v) is 3.34. The number of aliphatic hydroxyl groups is 1. The van der Waals surface area contributed by atoms with Crippen LogP contribution in [0.5, 0.6) is 0 Å². The van der Waals surface area contributed by atoms with E-state index in [9.17, 15) is 9.59 Å². The molecule has 1 saturated carbocycles.